The molecule has 1 aromatic heterocycles. The molecular weight excluding hydrogens is 452 g/mol. The molecule has 2 amide bonds. The summed E-state index contributed by atoms with van der Waals surface area (Å²) in [5.74, 6) is 1.57. The molecule has 4 aromatic rings. The van der Waals surface area contributed by atoms with Crippen molar-refractivity contribution < 1.29 is 14.1 Å². The first-order valence-corrected chi connectivity index (χ1v) is 11.8. The Labute approximate surface area is 210 Å². The van der Waals surface area contributed by atoms with Gasteiger partial charge in [-0.15, -0.1) is 0 Å². The molecule has 36 heavy (non-hydrogen) atoms. The van der Waals surface area contributed by atoms with Crippen molar-refractivity contribution in [2.24, 2.45) is 0 Å². The fourth-order valence-electron chi connectivity index (χ4n) is 4.48. The van der Waals surface area contributed by atoms with Gasteiger partial charge in [-0.05, 0) is 86.3 Å². The second-order valence-corrected chi connectivity index (χ2v) is 9.05. The zero-order valence-corrected chi connectivity index (χ0v) is 21.0. The van der Waals surface area contributed by atoms with Crippen LogP contribution in [0.25, 0.3) is 17.0 Å². The molecule has 0 fully saturated rings. The monoisotopic (exact) mass is 480 g/mol. The second-order valence-electron chi connectivity index (χ2n) is 9.05. The number of amides is 2. The fraction of sp³-hybridized carbons (Fsp3) is 0.207. The number of carbonyl (C=O) groups is 1. The third-order valence-corrected chi connectivity index (χ3v) is 6.61. The molecule has 0 aliphatic carbocycles. The van der Waals surface area contributed by atoms with Gasteiger partial charge in [-0.25, -0.2) is 4.79 Å². The molecule has 1 atom stereocenters. The van der Waals surface area contributed by atoms with Gasteiger partial charge in [0, 0.05) is 11.3 Å². The lowest BCUT2D eigenvalue weighted by Crippen LogP contribution is -2.46. The molecule has 1 aliphatic rings. The van der Waals surface area contributed by atoms with E-state index < -0.39 is 6.04 Å². The number of urea groups is 1. The van der Waals surface area contributed by atoms with E-state index in [9.17, 15) is 4.79 Å². The highest BCUT2D eigenvalue weighted by Crippen LogP contribution is 2.39. The molecule has 1 unspecified atom stereocenters. The summed E-state index contributed by atoms with van der Waals surface area (Å²) in [5.41, 5.74) is 7.41. The van der Waals surface area contributed by atoms with Crippen LogP contribution >= 0.6 is 0 Å². The molecule has 182 valence electrons. The maximum atomic E-state index is 13.4. The molecule has 1 aliphatic heterocycles. The van der Waals surface area contributed by atoms with E-state index in [4.69, 9.17) is 14.2 Å². The van der Waals surface area contributed by atoms with E-state index in [-0.39, 0.29) is 6.03 Å². The zero-order chi connectivity index (χ0) is 25.4. The van der Waals surface area contributed by atoms with Gasteiger partial charge < -0.3 is 14.6 Å². The molecular formula is C29H28N4O3. The summed E-state index contributed by atoms with van der Waals surface area (Å²) in [6, 6.07) is 20.9. The molecule has 0 saturated heterocycles. The van der Waals surface area contributed by atoms with Gasteiger partial charge in [0.2, 0.25) is 5.82 Å². The average Bonchev–Trinajstić information content (AvgIpc) is 3.35. The van der Waals surface area contributed by atoms with Gasteiger partial charge in [-0.1, -0.05) is 35.5 Å². The van der Waals surface area contributed by atoms with Crippen LogP contribution in [0.15, 0.2) is 77.0 Å². The van der Waals surface area contributed by atoms with Gasteiger partial charge in [0.25, 0.3) is 5.89 Å². The van der Waals surface area contributed by atoms with Crippen LogP contribution in [0.2, 0.25) is 0 Å². The van der Waals surface area contributed by atoms with Crippen LogP contribution in [-0.4, -0.2) is 23.3 Å². The van der Waals surface area contributed by atoms with Crippen molar-refractivity contribution in [3.05, 3.63) is 101 Å². The van der Waals surface area contributed by atoms with Crippen LogP contribution in [0.1, 0.15) is 41.1 Å². The van der Waals surface area contributed by atoms with E-state index >= 15 is 0 Å². The minimum Gasteiger partial charge on any atom is -0.497 e. The van der Waals surface area contributed by atoms with Gasteiger partial charge in [0.05, 0.1) is 24.4 Å². The first-order valence-electron chi connectivity index (χ1n) is 11.8. The Morgan fingerprint density at radius 3 is 2.42 bits per heavy atom. The average molecular weight is 481 g/mol. The number of carbonyl (C=O) groups excluding carboxylic acids is 1. The maximum absolute atomic E-state index is 13.4. The van der Waals surface area contributed by atoms with Crippen LogP contribution in [0.3, 0.4) is 0 Å². The largest absolute Gasteiger partial charge is 0.497 e. The molecule has 1 N–H and O–H groups in total. The Kier molecular flexibility index (Phi) is 6.06. The number of allylic oxidation sites excluding steroid dienone is 1. The number of hydrogen-bond acceptors (Lipinski definition) is 5. The van der Waals surface area contributed by atoms with E-state index in [2.05, 4.69) is 36.5 Å². The quantitative estimate of drug-likeness (QED) is 0.359. The first kappa shape index (κ1) is 23.4. The Morgan fingerprint density at radius 2 is 1.72 bits per heavy atom. The molecule has 7 heteroatoms. The van der Waals surface area contributed by atoms with E-state index in [0.29, 0.717) is 11.7 Å². The Morgan fingerprint density at radius 1 is 0.944 bits per heavy atom. The van der Waals surface area contributed by atoms with Crippen molar-refractivity contribution in [1.29, 1.82) is 0 Å². The van der Waals surface area contributed by atoms with E-state index in [1.165, 1.54) is 5.56 Å². The number of hydrogen-bond donors (Lipinski definition) is 1. The molecule has 3 aromatic carbocycles. The van der Waals surface area contributed by atoms with Gasteiger partial charge in [-0.2, -0.15) is 4.98 Å². The predicted molar refractivity (Wildman–Crippen MR) is 140 cm³/mol. The number of nitrogens with one attached hydrogen (secondary N) is 1. The van der Waals surface area contributed by atoms with Gasteiger partial charge >= 0.3 is 6.03 Å². The molecule has 0 bridgehead atoms. The summed E-state index contributed by atoms with van der Waals surface area (Å²) in [4.78, 5) is 19.8. The molecule has 0 saturated carbocycles. The number of aromatic nitrogens is 2. The first-order chi connectivity index (χ1) is 17.4. The van der Waals surface area contributed by atoms with Crippen molar-refractivity contribution in [1.82, 2.24) is 15.5 Å². The highest BCUT2D eigenvalue weighted by molar-refractivity contribution is 6.01. The Hall–Kier alpha value is -4.39. The standard InChI is InChI=1S/C29H28N4O3/c1-17-7-6-8-23(15-17)33-20(4)25(26(30-29(33)34)22-10-9-18(2)19(3)16-22)28-31-27(32-36-28)21-11-13-24(35-5)14-12-21/h6-16,26H,1-5H3,(H,30,34). The molecule has 7 nitrogen and oxygen atoms in total. The smallest absolute Gasteiger partial charge is 0.326 e. The summed E-state index contributed by atoms with van der Waals surface area (Å²) in [6.45, 7) is 8.05. The number of aryl methyl sites for hydroxylation is 3. The second kappa shape index (κ2) is 9.34. The zero-order valence-electron chi connectivity index (χ0n) is 21.0. The van der Waals surface area contributed by atoms with Gasteiger partial charge in [-0.3, -0.25) is 4.90 Å². The lowest BCUT2D eigenvalue weighted by molar-refractivity contribution is 0.244. The molecule has 2 heterocycles. The van der Waals surface area contributed by atoms with Gasteiger partial charge in [0.15, 0.2) is 0 Å². The third-order valence-electron chi connectivity index (χ3n) is 6.61. The SMILES string of the molecule is COc1ccc(-c2noc(C3=C(C)N(c4cccc(C)c4)C(=O)NC3c3ccc(C)c(C)c3)n2)cc1. The number of methoxy groups -OCH3 is 1. The minimum absolute atomic E-state index is 0.208. The van der Waals surface area contributed by atoms with Gasteiger partial charge in [0.1, 0.15) is 5.75 Å². The topological polar surface area (TPSA) is 80.5 Å². The molecule has 0 radical (unpaired) electrons. The minimum atomic E-state index is -0.443. The highest BCUT2D eigenvalue weighted by Gasteiger charge is 2.36. The summed E-state index contributed by atoms with van der Waals surface area (Å²) in [7, 11) is 1.63. The Bertz CT molecular complexity index is 1470. The van der Waals surface area contributed by atoms with E-state index in [0.717, 1.165) is 45.0 Å². The number of anilines is 1. The summed E-state index contributed by atoms with van der Waals surface area (Å²) < 4.78 is 11.1. The van der Waals surface area contributed by atoms with Crippen molar-refractivity contribution in [2.45, 2.75) is 33.7 Å². The molecule has 0 spiro atoms. The number of nitrogens with zero attached hydrogens (tertiary/aromatic N) is 3. The van der Waals surface area contributed by atoms with E-state index in [1.54, 1.807) is 12.0 Å². The fourth-order valence-corrected chi connectivity index (χ4v) is 4.48. The Balaban J connectivity index is 1.65. The van der Waals surface area contributed by atoms with Crippen LogP contribution in [0.5, 0.6) is 5.75 Å². The predicted octanol–water partition coefficient (Wildman–Crippen LogP) is 6.37. The van der Waals surface area contributed by atoms with Crippen molar-refractivity contribution in [2.75, 3.05) is 12.0 Å². The summed E-state index contributed by atoms with van der Waals surface area (Å²) in [5, 5.41) is 7.43. The number of ether oxygens (including phenoxy) is 1. The van der Waals surface area contributed by atoms with Crippen LogP contribution < -0.4 is 15.0 Å². The normalized spacial score (nSPS) is 15.8. The van der Waals surface area contributed by atoms with E-state index in [1.807, 2.05) is 68.4 Å². The maximum Gasteiger partial charge on any atom is 0.326 e. The highest BCUT2D eigenvalue weighted by atomic mass is 16.5. The van der Waals surface area contributed by atoms with Crippen LogP contribution in [-0.2, 0) is 0 Å². The van der Waals surface area contributed by atoms with Crippen LogP contribution in [0, 0.1) is 20.8 Å². The molecule has 5 rings (SSSR count). The lowest BCUT2D eigenvalue weighted by atomic mass is 9.92. The lowest BCUT2D eigenvalue weighted by Gasteiger charge is -2.35. The summed E-state index contributed by atoms with van der Waals surface area (Å²) >= 11 is 0. The van der Waals surface area contributed by atoms with Crippen molar-refractivity contribution in [3.8, 4) is 17.1 Å². The third kappa shape index (κ3) is 4.24. The van der Waals surface area contributed by atoms with Crippen molar-refractivity contribution >= 4 is 17.3 Å². The number of rotatable bonds is 5. The van der Waals surface area contributed by atoms with Crippen LogP contribution in [0.4, 0.5) is 10.5 Å². The summed E-state index contributed by atoms with van der Waals surface area (Å²) in [6.07, 6.45) is 0. The number of benzene rings is 3. The van der Waals surface area contributed by atoms with Crippen molar-refractivity contribution in [3.63, 3.8) is 0 Å².